The normalized spacial score (nSPS) is 22.2. The summed E-state index contributed by atoms with van der Waals surface area (Å²) in [6.45, 7) is 8.88. The van der Waals surface area contributed by atoms with Crippen LogP contribution in [0, 0.1) is 26.1 Å². The second kappa shape index (κ2) is 10.8. The summed E-state index contributed by atoms with van der Waals surface area (Å²) in [7, 11) is 3.45. The van der Waals surface area contributed by atoms with Crippen LogP contribution < -0.4 is 4.90 Å². The van der Waals surface area contributed by atoms with Crippen molar-refractivity contribution in [3.05, 3.63) is 103 Å². The molecule has 0 amide bonds. The number of Topliss-reactive ketones (excluding diaryl/α,β-unsaturated/α-hetero) is 1. The zero-order chi connectivity index (χ0) is 32.4. The van der Waals surface area contributed by atoms with Crippen molar-refractivity contribution in [2.24, 2.45) is 5.92 Å². The van der Waals surface area contributed by atoms with Crippen molar-refractivity contribution in [3.8, 4) is 0 Å². The highest BCUT2D eigenvalue weighted by Crippen LogP contribution is 2.51. The van der Waals surface area contributed by atoms with Crippen LogP contribution >= 0.6 is 0 Å². The van der Waals surface area contributed by atoms with Gasteiger partial charge in [0.1, 0.15) is 12.8 Å². The highest BCUT2D eigenvalue weighted by atomic mass is 16.6. The standard InChI is InChI=1S/C35H39N4O6/c1-34(2)26-16-22(38(41)42)12-14-28(26)36(5)30(34)18-24-32(40)25(33(24)45-6)19-31-35(3,4)27-17-23(39(43)44)13-15-29(27)37(31)20-21-10-8-7-9-11-21/h12-19,21H,7-11,20H2,1-6H3/q+1. The number of benzene rings is 2. The molecule has 2 aromatic rings. The fourth-order valence-electron chi connectivity index (χ4n) is 7.65. The van der Waals surface area contributed by atoms with Crippen molar-refractivity contribution < 1.29 is 24.0 Å². The Bertz CT molecular complexity index is 1790. The van der Waals surface area contributed by atoms with E-state index in [1.165, 1.54) is 25.3 Å². The molecule has 0 N–H and O–H groups in total. The summed E-state index contributed by atoms with van der Waals surface area (Å²) in [4.78, 5) is 38.5. The number of non-ortho nitro benzene ring substituents is 2. The van der Waals surface area contributed by atoms with Gasteiger partial charge in [-0.25, -0.2) is 0 Å². The molecule has 6 rings (SSSR count). The molecule has 234 valence electrons. The predicted molar refractivity (Wildman–Crippen MR) is 172 cm³/mol. The average molecular weight is 612 g/mol. The van der Waals surface area contributed by atoms with E-state index in [4.69, 9.17) is 4.74 Å². The first-order valence-corrected chi connectivity index (χ1v) is 15.5. The first-order valence-electron chi connectivity index (χ1n) is 15.5. The molecule has 0 atom stereocenters. The molecule has 0 radical (unpaired) electrons. The van der Waals surface area contributed by atoms with Crippen molar-refractivity contribution in [1.29, 1.82) is 0 Å². The highest BCUT2D eigenvalue weighted by molar-refractivity contribution is 6.24. The molecule has 2 heterocycles. The summed E-state index contributed by atoms with van der Waals surface area (Å²) >= 11 is 0. The molecule has 0 spiro atoms. The Hall–Kier alpha value is -4.60. The van der Waals surface area contributed by atoms with Crippen molar-refractivity contribution in [1.82, 2.24) is 0 Å². The SMILES string of the molecule is COC1=C(/C=C2\N(CC3CCCCC3)c3ccc([N+](=O)[O-])cc3C2(C)C)C(=O)/C1=C/C1=[N+](C)c2ccc([N+](=O)[O-])cc2C1(C)C. The van der Waals surface area contributed by atoms with Gasteiger partial charge >= 0.3 is 0 Å². The van der Waals surface area contributed by atoms with Gasteiger partial charge in [-0.3, -0.25) is 25.0 Å². The second-order valence-corrected chi connectivity index (χ2v) is 13.6. The van der Waals surface area contributed by atoms with Crippen molar-refractivity contribution >= 4 is 34.2 Å². The molecule has 2 aliphatic carbocycles. The minimum Gasteiger partial charge on any atom is -0.495 e. The molecular formula is C35H39N4O6+. The third-order valence-electron chi connectivity index (χ3n) is 10.2. The van der Waals surface area contributed by atoms with Gasteiger partial charge in [-0.1, -0.05) is 33.1 Å². The molecule has 0 bridgehead atoms. The van der Waals surface area contributed by atoms with Crippen LogP contribution in [0.4, 0.5) is 22.7 Å². The summed E-state index contributed by atoms with van der Waals surface area (Å²) in [5, 5.41) is 23.2. The lowest BCUT2D eigenvalue weighted by Gasteiger charge is -2.33. The van der Waals surface area contributed by atoms with E-state index in [2.05, 4.69) is 18.7 Å². The maximum absolute atomic E-state index is 13.9. The Morgan fingerprint density at radius 1 is 0.933 bits per heavy atom. The van der Waals surface area contributed by atoms with Crippen LogP contribution in [0.15, 0.2) is 71.2 Å². The summed E-state index contributed by atoms with van der Waals surface area (Å²) in [5.74, 6) is 0.839. The lowest BCUT2D eigenvalue weighted by molar-refractivity contribution is -0.402. The fraction of sp³-hybridized carbons (Fsp3) is 0.429. The van der Waals surface area contributed by atoms with Gasteiger partial charge < -0.3 is 9.64 Å². The lowest BCUT2D eigenvalue weighted by Crippen LogP contribution is -2.33. The van der Waals surface area contributed by atoms with Crippen LogP contribution in [0.2, 0.25) is 0 Å². The van der Waals surface area contributed by atoms with Gasteiger partial charge in [-0.15, -0.1) is 0 Å². The molecule has 10 nitrogen and oxygen atoms in total. The van der Waals surface area contributed by atoms with Crippen LogP contribution in [0.3, 0.4) is 0 Å². The van der Waals surface area contributed by atoms with E-state index < -0.39 is 15.8 Å². The summed E-state index contributed by atoms with van der Waals surface area (Å²) in [5.41, 5.74) is 5.07. The molecule has 1 fully saturated rings. The van der Waals surface area contributed by atoms with E-state index in [0.29, 0.717) is 22.8 Å². The Morgan fingerprint density at radius 2 is 1.56 bits per heavy atom. The minimum absolute atomic E-state index is 0.0264. The number of hydrogen-bond donors (Lipinski definition) is 0. The zero-order valence-electron chi connectivity index (χ0n) is 26.7. The number of ether oxygens (including phenoxy) is 1. The van der Waals surface area contributed by atoms with Crippen LogP contribution in [0.5, 0.6) is 0 Å². The molecule has 0 unspecified atom stereocenters. The Labute approximate surface area is 262 Å². The van der Waals surface area contributed by atoms with E-state index in [9.17, 15) is 25.0 Å². The van der Waals surface area contributed by atoms with Crippen LogP contribution in [-0.4, -0.2) is 46.6 Å². The van der Waals surface area contributed by atoms with Crippen molar-refractivity contribution in [2.75, 3.05) is 25.6 Å². The highest BCUT2D eigenvalue weighted by Gasteiger charge is 2.48. The fourth-order valence-corrected chi connectivity index (χ4v) is 7.65. The first-order chi connectivity index (χ1) is 21.3. The average Bonchev–Trinajstić information content (AvgIpc) is 3.33. The maximum atomic E-state index is 13.9. The van der Waals surface area contributed by atoms with E-state index in [1.54, 1.807) is 31.4 Å². The molecule has 0 saturated heterocycles. The van der Waals surface area contributed by atoms with Gasteiger partial charge in [0, 0.05) is 65.3 Å². The van der Waals surface area contributed by atoms with Crippen molar-refractivity contribution in [2.45, 2.75) is 70.6 Å². The van der Waals surface area contributed by atoms with E-state index in [0.717, 1.165) is 53.3 Å². The quantitative estimate of drug-likeness (QED) is 0.141. The third kappa shape index (κ3) is 4.78. The number of rotatable bonds is 7. The number of carbonyl (C=O) groups excluding carboxylic acids is 1. The Morgan fingerprint density at radius 3 is 2.18 bits per heavy atom. The molecule has 2 aromatic carbocycles. The number of nitro benzene ring substituents is 2. The largest absolute Gasteiger partial charge is 0.495 e. The predicted octanol–water partition coefficient (Wildman–Crippen LogP) is 7.18. The van der Waals surface area contributed by atoms with Crippen LogP contribution in [0.25, 0.3) is 0 Å². The molecule has 0 aromatic heterocycles. The smallest absolute Gasteiger partial charge is 0.270 e. The van der Waals surface area contributed by atoms with Crippen molar-refractivity contribution in [3.63, 3.8) is 0 Å². The molecular weight excluding hydrogens is 572 g/mol. The van der Waals surface area contributed by atoms with Gasteiger partial charge in [-0.05, 0) is 50.3 Å². The topological polar surface area (TPSA) is 119 Å². The number of carbonyl (C=O) groups is 1. The minimum atomic E-state index is -0.586. The summed E-state index contributed by atoms with van der Waals surface area (Å²) in [6.07, 6.45) is 9.66. The molecule has 45 heavy (non-hydrogen) atoms. The van der Waals surface area contributed by atoms with E-state index in [1.807, 2.05) is 43.7 Å². The van der Waals surface area contributed by atoms with Gasteiger partial charge in [-0.2, -0.15) is 4.58 Å². The van der Waals surface area contributed by atoms with Gasteiger partial charge in [0.05, 0.1) is 33.5 Å². The number of fused-ring (bicyclic) bond motifs is 2. The van der Waals surface area contributed by atoms with Gasteiger partial charge in [0.15, 0.2) is 5.71 Å². The van der Waals surface area contributed by atoms with E-state index >= 15 is 0 Å². The van der Waals surface area contributed by atoms with E-state index in [-0.39, 0.29) is 22.1 Å². The molecule has 2 aliphatic heterocycles. The second-order valence-electron chi connectivity index (χ2n) is 13.6. The first kappa shape index (κ1) is 30.4. The van der Waals surface area contributed by atoms with Gasteiger partial charge in [0.2, 0.25) is 11.5 Å². The number of ketones is 1. The number of methoxy groups -OCH3 is 1. The molecule has 4 aliphatic rings. The monoisotopic (exact) mass is 611 g/mol. The maximum Gasteiger partial charge on any atom is 0.270 e. The summed E-state index contributed by atoms with van der Waals surface area (Å²) < 4.78 is 7.80. The van der Waals surface area contributed by atoms with Crippen LogP contribution in [-0.2, 0) is 20.4 Å². The summed E-state index contributed by atoms with van der Waals surface area (Å²) in [6, 6.07) is 9.92. The number of anilines is 1. The third-order valence-corrected chi connectivity index (χ3v) is 10.2. The zero-order valence-corrected chi connectivity index (χ0v) is 26.7. The Kier molecular flexibility index (Phi) is 7.29. The number of hydrogen-bond acceptors (Lipinski definition) is 7. The Balaban J connectivity index is 1.42. The lowest BCUT2D eigenvalue weighted by atomic mass is 9.77. The van der Waals surface area contributed by atoms with Crippen LogP contribution in [0.1, 0.15) is 70.9 Å². The number of allylic oxidation sites excluding steroid dienone is 5. The molecule has 1 saturated carbocycles. The number of nitrogens with zero attached hydrogens (tertiary/aromatic N) is 4. The molecule has 10 heteroatoms. The number of nitro groups is 2. The van der Waals surface area contributed by atoms with Gasteiger partial charge in [0.25, 0.3) is 11.4 Å².